The fourth-order valence-electron chi connectivity index (χ4n) is 3.25. The van der Waals surface area contributed by atoms with Gasteiger partial charge in [-0.2, -0.15) is 0 Å². The Morgan fingerprint density at radius 1 is 0.892 bits per heavy atom. The third-order valence-electron chi connectivity index (χ3n) is 4.89. The first-order valence-corrected chi connectivity index (χ1v) is 11.2. The summed E-state index contributed by atoms with van der Waals surface area (Å²) >= 11 is 0. The van der Waals surface area contributed by atoms with Crippen LogP contribution in [0.2, 0.25) is 0 Å². The molecular weight excluding hydrogens is 480 g/mol. The number of carbonyl (C=O) groups excluding carboxylic acids is 3. The molecule has 0 aliphatic carbocycles. The topological polar surface area (TPSA) is 143 Å². The summed E-state index contributed by atoms with van der Waals surface area (Å²) in [6.45, 7) is -0.158. The Morgan fingerprint density at radius 2 is 1.57 bits per heavy atom. The molecule has 2 atom stereocenters. The number of hydroxylamine groups is 1. The van der Waals surface area contributed by atoms with E-state index in [1.165, 1.54) is 11.6 Å². The van der Waals surface area contributed by atoms with Crippen LogP contribution in [-0.2, 0) is 9.53 Å². The summed E-state index contributed by atoms with van der Waals surface area (Å²) in [5.41, 5.74) is 2.16. The van der Waals surface area contributed by atoms with E-state index < -0.39 is 30.1 Å². The Kier molecular flexibility index (Phi) is 10.2. The summed E-state index contributed by atoms with van der Waals surface area (Å²) in [4.78, 5) is 37.0. The predicted molar refractivity (Wildman–Crippen MR) is 132 cm³/mol. The molecule has 3 rings (SSSR count). The van der Waals surface area contributed by atoms with Crippen molar-refractivity contribution in [2.45, 2.75) is 12.2 Å². The van der Waals surface area contributed by atoms with E-state index in [4.69, 9.17) is 24.5 Å². The Balaban J connectivity index is 1.94. The van der Waals surface area contributed by atoms with Gasteiger partial charge in [0, 0.05) is 17.2 Å². The van der Waals surface area contributed by atoms with Gasteiger partial charge < -0.3 is 19.3 Å². The summed E-state index contributed by atoms with van der Waals surface area (Å²) in [6, 6.07) is 23.2. The van der Waals surface area contributed by atoms with Gasteiger partial charge in [-0.3, -0.25) is 20.1 Å². The van der Waals surface area contributed by atoms with Crippen LogP contribution in [0.25, 0.3) is 0 Å². The van der Waals surface area contributed by atoms with Crippen LogP contribution >= 0.6 is 0 Å². The number of benzene rings is 3. The van der Waals surface area contributed by atoms with Crippen molar-refractivity contribution in [3.8, 4) is 11.5 Å². The molecule has 10 heteroatoms. The van der Waals surface area contributed by atoms with E-state index >= 15 is 0 Å². The van der Waals surface area contributed by atoms with Gasteiger partial charge in [0.05, 0.1) is 6.61 Å². The number of alkyl carbamates (subject to hydrolysis) is 1. The molecule has 0 spiro atoms. The van der Waals surface area contributed by atoms with Crippen molar-refractivity contribution < 1.29 is 38.9 Å². The van der Waals surface area contributed by atoms with Crippen molar-refractivity contribution in [3.63, 3.8) is 0 Å². The minimum absolute atomic E-state index is 0.0432. The van der Waals surface area contributed by atoms with Crippen molar-refractivity contribution in [2.24, 2.45) is 0 Å². The molecule has 10 nitrogen and oxygen atoms in total. The summed E-state index contributed by atoms with van der Waals surface area (Å²) < 4.78 is 17.1. The second-order valence-corrected chi connectivity index (χ2v) is 7.52. The molecule has 192 valence electrons. The predicted octanol–water partition coefficient (Wildman–Crippen LogP) is 3.17. The molecule has 0 aliphatic rings. The van der Waals surface area contributed by atoms with Crippen molar-refractivity contribution in [1.82, 2.24) is 10.8 Å². The van der Waals surface area contributed by atoms with Crippen molar-refractivity contribution in [3.05, 3.63) is 108 Å². The molecule has 0 unspecified atom stereocenters. The fourth-order valence-corrected chi connectivity index (χ4v) is 3.25. The highest BCUT2D eigenvalue weighted by Gasteiger charge is 2.29. The second kappa shape index (κ2) is 14.0. The molecule has 0 saturated carbocycles. The van der Waals surface area contributed by atoms with Crippen molar-refractivity contribution in [1.29, 1.82) is 0 Å². The van der Waals surface area contributed by atoms with E-state index in [0.29, 0.717) is 17.1 Å². The molecule has 0 heterocycles. The summed E-state index contributed by atoms with van der Waals surface area (Å²) in [5, 5.41) is 20.2. The number of ether oxygens (including phenoxy) is 3. The molecule has 0 fully saturated rings. The fraction of sp³-hybridized carbons (Fsp3) is 0.148. The maximum absolute atomic E-state index is 12.8. The van der Waals surface area contributed by atoms with Crippen LogP contribution in [0.15, 0.2) is 97.1 Å². The monoisotopic (exact) mass is 506 g/mol. The number of nitrogens with one attached hydrogen (secondary N) is 2. The molecule has 37 heavy (non-hydrogen) atoms. The van der Waals surface area contributed by atoms with Crippen molar-refractivity contribution >= 4 is 17.9 Å². The number of hydrogen-bond donors (Lipinski definition) is 4. The molecule has 0 aromatic heterocycles. The summed E-state index contributed by atoms with van der Waals surface area (Å²) in [7, 11) is 0. The third-order valence-corrected chi connectivity index (χ3v) is 4.89. The van der Waals surface area contributed by atoms with Gasteiger partial charge in [-0.15, -0.1) is 0 Å². The van der Waals surface area contributed by atoms with E-state index in [0.717, 1.165) is 6.08 Å². The van der Waals surface area contributed by atoms with E-state index in [2.05, 4.69) is 5.32 Å². The molecule has 3 aromatic rings. The SMILES string of the molecule is O=C(/C=C/[C@@H](Oc1ccccc1)[C@H](OC(=O)NC(=O)c1ccccc1)c1cccc(OCCO)c1)NO. The average Bonchev–Trinajstić information content (AvgIpc) is 2.94. The summed E-state index contributed by atoms with van der Waals surface area (Å²) in [5.74, 6) is -0.704. The number of para-hydroxylation sites is 1. The highest BCUT2D eigenvalue weighted by Crippen LogP contribution is 2.29. The Labute approximate surface area is 213 Å². The molecule has 0 saturated heterocycles. The average molecular weight is 507 g/mol. The Morgan fingerprint density at radius 3 is 2.24 bits per heavy atom. The van der Waals surface area contributed by atoms with Crippen LogP contribution in [0.3, 0.4) is 0 Å². The first-order valence-electron chi connectivity index (χ1n) is 11.2. The van der Waals surface area contributed by atoms with Gasteiger partial charge in [-0.25, -0.2) is 10.3 Å². The van der Waals surface area contributed by atoms with Crippen LogP contribution in [0, 0.1) is 0 Å². The molecule has 3 amide bonds. The van der Waals surface area contributed by atoms with E-state index in [-0.39, 0.29) is 18.8 Å². The molecule has 0 bridgehead atoms. The number of aliphatic hydroxyl groups is 1. The van der Waals surface area contributed by atoms with Crippen LogP contribution in [0.1, 0.15) is 22.0 Å². The smallest absolute Gasteiger partial charge is 0.414 e. The normalized spacial score (nSPS) is 12.3. The summed E-state index contributed by atoms with van der Waals surface area (Å²) in [6.07, 6.45) is -0.989. The van der Waals surface area contributed by atoms with Gasteiger partial charge in [0.2, 0.25) is 0 Å². The minimum Gasteiger partial charge on any atom is -0.491 e. The van der Waals surface area contributed by atoms with Gasteiger partial charge in [-0.1, -0.05) is 48.5 Å². The lowest BCUT2D eigenvalue weighted by Gasteiger charge is -2.26. The minimum atomic E-state index is -1.18. The Bertz CT molecular complexity index is 1200. The van der Waals surface area contributed by atoms with E-state index in [1.54, 1.807) is 84.9 Å². The number of aliphatic hydroxyl groups excluding tert-OH is 1. The number of amides is 3. The first kappa shape index (κ1) is 26.9. The number of rotatable bonds is 11. The first-order chi connectivity index (χ1) is 18.0. The standard InChI is InChI=1S/C27H26N2O8/c30-16-17-35-22-13-7-10-20(18-22)25(37-27(33)28-26(32)19-8-3-1-4-9-19)23(14-15-24(31)29-34)36-21-11-5-2-6-12-21/h1-15,18,23,25,30,34H,16-17H2,(H,29,31)(H,28,32,33)/b15-14+/t23-,25-/m1/s1. The van der Waals surface area contributed by atoms with Gasteiger partial charge in [0.15, 0.2) is 12.2 Å². The lowest BCUT2D eigenvalue weighted by molar-refractivity contribution is -0.124. The zero-order valence-electron chi connectivity index (χ0n) is 19.7. The molecule has 3 aromatic carbocycles. The zero-order chi connectivity index (χ0) is 26.5. The molecule has 4 N–H and O–H groups in total. The van der Waals surface area contributed by atoms with Gasteiger partial charge >= 0.3 is 6.09 Å². The second-order valence-electron chi connectivity index (χ2n) is 7.52. The van der Waals surface area contributed by atoms with Gasteiger partial charge in [0.1, 0.15) is 18.1 Å². The van der Waals surface area contributed by atoms with Crippen LogP contribution in [0.5, 0.6) is 11.5 Å². The molecular formula is C27H26N2O8. The van der Waals surface area contributed by atoms with Crippen LogP contribution < -0.4 is 20.3 Å². The van der Waals surface area contributed by atoms with Gasteiger partial charge in [-0.05, 0) is 42.5 Å². The maximum Gasteiger partial charge on any atom is 0.414 e. The van der Waals surface area contributed by atoms with E-state index in [9.17, 15) is 14.4 Å². The largest absolute Gasteiger partial charge is 0.491 e. The van der Waals surface area contributed by atoms with Crippen molar-refractivity contribution in [2.75, 3.05) is 13.2 Å². The highest BCUT2D eigenvalue weighted by atomic mass is 16.6. The maximum atomic E-state index is 12.8. The quantitative estimate of drug-likeness (QED) is 0.176. The zero-order valence-corrected chi connectivity index (χ0v) is 19.7. The lowest BCUT2D eigenvalue weighted by Crippen LogP contribution is -2.36. The number of carbonyl (C=O) groups is 3. The van der Waals surface area contributed by atoms with Gasteiger partial charge in [0.25, 0.3) is 11.8 Å². The van der Waals surface area contributed by atoms with Crippen LogP contribution in [0.4, 0.5) is 4.79 Å². The highest BCUT2D eigenvalue weighted by molar-refractivity contribution is 6.02. The number of hydrogen-bond acceptors (Lipinski definition) is 8. The third kappa shape index (κ3) is 8.49. The van der Waals surface area contributed by atoms with Crippen LogP contribution in [-0.4, -0.2) is 47.5 Å². The molecule has 0 radical (unpaired) electrons. The lowest BCUT2D eigenvalue weighted by atomic mass is 10.0. The molecule has 0 aliphatic heterocycles. The van der Waals surface area contributed by atoms with E-state index in [1.807, 2.05) is 0 Å². The Hall–Kier alpha value is -4.67. The number of imide groups is 1.